The average Bonchev–Trinajstić information content (AvgIpc) is 3.10. The van der Waals surface area contributed by atoms with Crippen LogP contribution in [0.1, 0.15) is 5.69 Å². The molecule has 2 aliphatic rings. The van der Waals surface area contributed by atoms with Gasteiger partial charge in [0.15, 0.2) is 11.8 Å². The fourth-order valence-electron chi connectivity index (χ4n) is 2.73. The van der Waals surface area contributed by atoms with Crippen molar-refractivity contribution >= 4 is 22.8 Å². The molecule has 8 heteroatoms. The zero-order valence-corrected chi connectivity index (χ0v) is 12.0. The number of aliphatic hydroxyl groups excluding tert-OH is 1. The summed E-state index contributed by atoms with van der Waals surface area (Å²) in [5.41, 5.74) is 1.98. The van der Waals surface area contributed by atoms with Crippen LogP contribution in [0.3, 0.4) is 0 Å². The Morgan fingerprint density at radius 1 is 1.33 bits per heavy atom. The maximum absolute atomic E-state index is 9.70. The molecule has 2 aromatic rings. The Morgan fingerprint density at radius 3 is 3.00 bits per heavy atom. The molecule has 4 heterocycles. The summed E-state index contributed by atoms with van der Waals surface area (Å²) in [5.74, 6) is 0. The summed E-state index contributed by atoms with van der Waals surface area (Å²) in [5, 5.41) is 10.3. The quantitative estimate of drug-likeness (QED) is 0.854. The molecule has 7 nitrogen and oxygen atoms in total. The van der Waals surface area contributed by atoms with E-state index in [1.54, 1.807) is 6.07 Å². The molecule has 0 aliphatic carbocycles. The molecule has 4 rings (SSSR count). The maximum atomic E-state index is 9.70. The Labute approximate surface area is 125 Å². The zero-order valence-electron chi connectivity index (χ0n) is 11.2. The number of aromatic amines is 1. The number of nitrogens with zero attached hydrogens (tertiary/aromatic N) is 2. The third-order valence-electron chi connectivity index (χ3n) is 3.83. The topological polar surface area (TPSA) is 89.5 Å². The highest BCUT2D eigenvalue weighted by Crippen LogP contribution is 2.30. The van der Waals surface area contributed by atoms with Crippen LogP contribution in [-0.4, -0.2) is 57.7 Å². The summed E-state index contributed by atoms with van der Waals surface area (Å²) < 4.78 is 16.8. The third kappa shape index (κ3) is 2.17. The van der Waals surface area contributed by atoms with Crippen LogP contribution in [0.4, 0.5) is 0 Å². The van der Waals surface area contributed by atoms with Gasteiger partial charge in [-0.2, -0.15) is 4.98 Å². The number of H-pyrrole nitrogens is 1. The minimum Gasteiger partial charge on any atom is -0.456 e. The van der Waals surface area contributed by atoms with Gasteiger partial charge in [-0.3, -0.25) is 0 Å². The predicted molar refractivity (Wildman–Crippen MR) is 73.5 cm³/mol. The molecule has 2 saturated heterocycles. The van der Waals surface area contributed by atoms with Crippen LogP contribution >= 0.6 is 11.6 Å². The Morgan fingerprint density at radius 2 is 2.14 bits per heavy atom. The largest absolute Gasteiger partial charge is 0.456 e. The molecule has 4 atom stereocenters. The van der Waals surface area contributed by atoms with E-state index in [2.05, 4.69) is 15.0 Å². The van der Waals surface area contributed by atoms with Crippen molar-refractivity contribution in [3.8, 4) is 6.01 Å². The molecule has 2 N–H and O–H groups in total. The van der Waals surface area contributed by atoms with Gasteiger partial charge in [0, 0.05) is 0 Å². The van der Waals surface area contributed by atoms with Crippen molar-refractivity contribution in [1.29, 1.82) is 0 Å². The molecule has 0 saturated carbocycles. The molecule has 0 aromatic carbocycles. The summed E-state index contributed by atoms with van der Waals surface area (Å²) in [6.07, 6.45) is -1.49. The van der Waals surface area contributed by atoms with Crippen molar-refractivity contribution in [2.75, 3.05) is 13.2 Å². The van der Waals surface area contributed by atoms with Crippen LogP contribution in [0.25, 0.3) is 11.2 Å². The smallest absolute Gasteiger partial charge is 0.296 e. The molecular formula is C13H14ClN3O4. The standard InChI is InChI=1S/C13H14ClN3O4/c1-5-6(14)2-7-12(15-5)17-13(16-7)21-9-4-20-10-8(18)3-19-11(9)10/h2,8-11,18H,3-4H2,1H3,(H,15,16,17)/t8-,9-,10-,11-/m1/s1. The first-order chi connectivity index (χ1) is 10.1. The number of ether oxygens (including phenoxy) is 3. The minimum atomic E-state index is -0.595. The molecule has 112 valence electrons. The second kappa shape index (κ2) is 4.81. The van der Waals surface area contributed by atoms with E-state index in [9.17, 15) is 5.11 Å². The number of fused-ring (bicyclic) bond motifs is 2. The highest BCUT2D eigenvalue weighted by Gasteiger charge is 2.48. The average molecular weight is 312 g/mol. The molecule has 21 heavy (non-hydrogen) atoms. The fraction of sp³-hybridized carbons (Fsp3) is 0.538. The van der Waals surface area contributed by atoms with Crippen LogP contribution in [0.5, 0.6) is 6.01 Å². The van der Waals surface area contributed by atoms with E-state index in [1.165, 1.54) is 0 Å². The van der Waals surface area contributed by atoms with Crippen molar-refractivity contribution in [2.45, 2.75) is 31.3 Å². The summed E-state index contributed by atoms with van der Waals surface area (Å²) in [4.78, 5) is 11.6. The first-order valence-corrected chi connectivity index (χ1v) is 7.10. The van der Waals surface area contributed by atoms with Crippen LogP contribution in [0.15, 0.2) is 6.07 Å². The van der Waals surface area contributed by atoms with Gasteiger partial charge >= 0.3 is 0 Å². The lowest BCUT2D eigenvalue weighted by atomic mass is 10.1. The second-order valence-corrected chi connectivity index (χ2v) is 5.70. The van der Waals surface area contributed by atoms with Gasteiger partial charge in [0.05, 0.1) is 29.4 Å². The zero-order chi connectivity index (χ0) is 14.6. The Bertz CT molecular complexity index is 652. The van der Waals surface area contributed by atoms with Gasteiger partial charge in [-0.15, -0.1) is 0 Å². The number of aromatic nitrogens is 3. The molecule has 0 spiro atoms. The van der Waals surface area contributed by atoms with E-state index in [0.29, 0.717) is 34.5 Å². The van der Waals surface area contributed by atoms with Crippen molar-refractivity contribution in [3.05, 3.63) is 16.8 Å². The number of pyridine rings is 1. The SMILES string of the molecule is Cc1nc2nc(O[C@@H]3CO[C@H]4[C@@H]3OC[C@H]4O)[nH]c2cc1Cl. The summed E-state index contributed by atoms with van der Waals surface area (Å²) >= 11 is 6.04. The van der Waals surface area contributed by atoms with Gasteiger partial charge < -0.3 is 24.3 Å². The maximum Gasteiger partial charge on any atom is 0.296 e. The van der Waals surface area contributed by atoms with Crippen molar-refractivity contribution in [2.24, 2.45) is 0 Å². The summed E-state index contributed by atoms with van der Waals surface area (Å²) in [6.45, 7) is 2.45. The monoisotopic (exact) mass is 311 g/mol. The van der Waals surface area contributed by atoms with E-state index in [-0.39, 0.29) is 24.9 Å². The predicted octanol–water partition coefficient (Wildman–Crippen LogP) is 0.826. The van der Waals surface area contributed by atoms with Crippen LogP contribution in [0.2, 0.25) is 5.02 Å². The normalized spacial score (nSPS) is 31.8. The number of imidazole rings is 1. The molecule has 2 aliphatic heterocycles. The number of hydrogen-bond acceptors (Lipinski definition) is 6. The molecule has 0 radical (unpaired) electrons. The van der Waals surface area contributed by atoms with Crippen molar-refractivity contribution in [1.82, 2.24) is 15.0 Å². The number of nitrogens with one attached hydrogen (secondary N) is 1. The minimum absolute atomic E-state index is 0.270. The van der Waals surface area contributed by atoms with E-state index >= 15 is 0 Å². The van der Waals surface area contributed by atoms with Gasteiger partial charge in [0.25, 0.3) is 6.01 Å². The molecule has 2 fully saturated rings. The molecular weight excluding hydrogens is 298 g/mol. The first kappa shape index (κ1) is 13.3. The fourth-order valence-corrected chi connectivity index (χ4v) is 2.88. The Balaban J connectivity index is 1.57. The van der Waals surface area contributed by atoms with Crippen LogP contribution in [-0.2, 0) is 9.47 Å². The van der Waals surface area contributed by atoms with Gasteiger partial charge in [-0.25, -0.2) is 4.98 Å². The summed E-state index contributed by atoms with van der Waals surface area (Å²) in [7, 11) is 0. The summed E-state index contributed by atoms with van der Waals surface area (Å²) in [6, 6.07) is 2.11. The first-order valence-electron chi connectivity index (χ1n) is 6.72. The van der Waals surface area contributed by atoms with Gasteiger partial charge in [0.1, 0.15) is 18.3 Å². The van der Waals surface area contributed by atoms with Crippen molar-refractivity contribution < 1.29 is 19.3 Å². The Kier molecular flexibility index (Phi) is 3.04. The van der Waals surface area contributed by atoms with E-state index in [1.807, 2.05) is 6.92 Å². The van der Waals surface area contributed by atoms with Crippen molar-refractivity contribution in [3.63, 3.8) is 0 Å². The van der Waals surface area contributed by atoms with E-state index in [0.717, 1.165) is 0 Å². The lowest BCUT2D eigenvalue weighted by Gasteiger charge is -2.15. The molecule has 0 amide bonds. The number of rotatable bonds is 2. The molecule has 0 unspecified atom stereocenters. The lowest BCUT2D eigenvalue weighted by molar-refractivity contribution is 0.00706. The Hall–Kier alpha value is -1.41. The second-order valence-electron chi connectivity index (χ2n) is 5.29. The lowest BCUT2D eigenvalue weighted by Crippen LogP contribution is -2.34. The van der Waals surface area contributed by atoms with Gasteiger partial charge in [-0.1, -0.05) is 11.6 Å². The third-order valence-corrected chi connectivity index (χ3v) is 4.21. The molecule has 2 aromatic heterocycles. The number of hydrogen-bond donors (Lipinski definition) is 2. The van der Waals surface area contributed by atoms with Crippen LogP contribution < -0.4 is 4.74 Å². The highest BCUT2D eigenvalue weighted by molar-refractivity contribution is 6.31. The van der Waals surface area contributed by atoms with Crippen LogP contribution in [0, 0.1) is 6.92 Å². The highest BCUT2D eigenvalue weighted by atomic mass is 35.5. The van der Waals surface area contributed by atoms with E-state index < -0.39 is 6.10 Å². The molecule has 0 bridgehead atoms. The van der Waals surface area contributed by atoms with Gasteiger partial charge in [-0.05, 0) is 13.0 Å². The van der Waals surface area contributed by atoms with E-state index in [4.69, 9.17) is 25.8 Å². The number of aliphatic hydroxyl groups is 1. The van der Waals surface area contributed by atoms with Gasteiger partial charge in [0.2, 0.25) is 0 Å². The number of aryl methyl sites for hydroxylation is 1. The number of halogens is 1.